The number of piperidine rings is 1. The molecule has 2 aliphatic heterocycles. The molecule has 1 amide bonds. The molecule has 194 valence electrons. The Hall–Kier alpha value is -3.65. The van der Waals surface area contributed by atoms with E-state index in [1.165, 1.54) is 17.0 Å². The third-order valence-electron chi connectivity index (χ3n) is 7.19. The zero-order chi connectivity index (χ0) is 26.5. The second kappa shape index (κ2) is 9.34. The molecule has 1 N–H and O–H groups in total. The summed E-state index contributed by atoms with van der Waals surface area (Å²) in [6.07, 6.45) is -1.51. The van der Waals surface area contributed by atoms with Crippen LogP contribution in [0.2, 0.25) is 0 Å². The molecule has 11 heteroatoms. The largest absolute Gasteiger partial charge is 0.417 e. The third-order valence-corrected chi connectivity index (χ3v) is 7.19. The highest BCUT2D eigenvalue weighted by Crippen LogP contribution is 2.37. The van der Waals surface area contributed by atoms with E-state index in [4.69, 9.17) is 4.98 Å². The van der Waals surface area contributed by atoms with E-state index in [-0.39, 0.29) is 5.56 Å². The Bertz CT molecular complexity index is 1400. The van der Waals surface area contributed by atoms with Crippen molar-refractivity contribution in [3.63, 3.8) is 0 Å². The third kappa shape index (κ3) is 4.62. The Balaban J connectivity index is 1.48. The van der Waals surface area contributed by atoms with Crippen LogP contribution in [0, 0.1) is 31.1 Å². The van der Waals surface area contributed by atoms with Gasteiger partial charge in [0, 0.05) is 37.5 Å². The molecule has 2 aliphatic rings. The van der Waals surface area contributed by atoms with E-state index in [0.717, 1.165) is 18.1 Å². The van der Waals surface area contributed by atoms with Crippen molar-refractivity contribution in [1.29, 1.82) is 5.26 Å². The van der Waals surface area contributed by atoms with Gasteiger partial charge in [-0.2, -0.15) is 23.5 Å². The van der Waals surface area contributed by atoms with Gasteiger partial charge in [0.1, 0.15) is 5.82 Å². The SMILES string of the molecule is Cc1ccc(C(=O)N2CCCC[C@H]2c2cc3nc(N4C[C@@H](C#N)[C@@H](O)C4)c(C)cn3n2)c(C(F)(F)F)c1. The number of aryl methyl sites for hydroxylation is 2. The highest BCUT2D eigenvalue weighted by Gasteiger charge is 2.39. The first-order valence-electron chi connectivity index (χ1n) is 12.2. The first-order chi connectivity index (χ1) is 17.6. The topological polar surface area (TPSA) is 97.8 Å². The second-order valence-corrected chi connectivity index (χ2v) is 9.88. The summed E-state index contributed by atoms with van der Waals surface area (Å²) in [5.74, 6) is -0.516. The Kier molecular flexibility index (Phi) is 6.31. The van der Waals surface area contributed by atoms with Crippen molar-refractivity contribution in [2.75, 3.05) is 24.5 Å². The molecule has 2 fully saturated rings. The van der Waals surface area contributed by atoms with E-state index in [9.17, 15) is 28.3 Å². The number of amides is 1. The lowest BCUT2D eigenvalue weighted by molar-refractivity contribution is -0.138. The number of aromatic nitrogens is 3. The number of carbonyl (C=O) groups is 1. The molecule has 2 aromatic heterocycles. The summed E-state index contributed by atoms with van der Waals surface area (Å²) in [5, 5.41) is 24.0. The number of aliphatic hydroxyl groups excluding tert-OH is 1. The van der Waals surface area contributed by atoms with Crippen molar-refractivity contribution in [3.05, 3.63) is 58.4 Å². The zero-order valence-corrected chi connectivity index (χ0v) is 20.5. The molecule has 1 aromatic carbocycles. The van der Waals surface area contributed by atoms with Gasteiger partial charge in [0.2, 0.25) is 0 Å². The number of nitrogens with zero attached hydrogens (tertiary/aromatic N) is 6. The Morgan fingerprint density at radius 1 is 1.19 bits per heavy atom. The average molecular weight is 513 g/mol. The number of nitriles is 1. The molecule has 0 saturated carbocycles. The molecule has 3 aromatic rings. The molecule has 0 aliphatic carbocycles. The minimum atomic E-state index is -4.64. The minimum Gasteiger partial charge on any atom is -0.390 e. The number of hydrogen-bond acceptors (Lipinski definition) is 6. The van der Waals surface area contributed by atoms with Gasteiger partial charge < -0.3 is 14.9 Å². The molecule has 8 nitrogen and oxygen atoms in total. The van der Waals surface area contributed by atoms with Crippen LogP contribution in [0.25, 0.3) is 5.65 Å². The molecule has 3 atom stereocenters. The van der Waals surface area contributed by atoms with Crippen molar-refractivity contribution in [3.8, 4) is 6.07 Å². The predicted octanol–water partition coefficient (Wildman–Crippen LogP) is 4.05. The van der Waals surface area contributed by atoms with Crippen LogP contribution in [-0.2, 0) is 6.18 Å². The van der Waals surface area contributed by atoms with Gasteiger partial charge >= 0.3 is 6.18 Å². The zero-order valence-electron chi connectivity index (χ0n) is 20.5. The summed E-state index contributed by atoms with van der Waals surface area (Å²) >= 11 is 0. The molecule has 4 heterocycles. The minimum absolute atomic E-state index is 0.298. The van der Waals surface area contributed by atoms with Crippen LogP contribution in [-0.4, -0.2) is 56.2 Å². The highest BCUT2D eigenvalue weighted by atomic mass is 19.4. The van der Waals surface area contributed by atoms with E-state index in [1.807, 2.05) is 11.8 Å². The number of hydrogen-bond donors (Lipinski definition) is 1. The summed E-state index contributed by atoms with van der Waals surface area (Å²) in [7, 11) is 0. The number of benzene rings is 1. The molecule has 0 radical (unpaired) electrons. The van der Waals surface area contributed by atoms with Gasteiger partial charge in [0.05, 0.1) is 41.0 Å². The van der Waals surface area contributed by atoms with Gasteiger partial charge in [-0.3, -0.25) is 4.79 Å². The number of anilines is 1. The van der Waals surface area contributed by atoms with Gasteiger partial charge in [-0.25, -0.2) is 9.50 Å². The summed E-state index contributed by atoms with van der Waals surface area (Å²) in [5.41, 5.74) is 1.04. The lowest BCUT2D eigenvalue weighted by atomic mass is 9.96. The molecule has 0 bridgehead atoms. The number of fused-ring (bicyclic) bond motifs is 1. The molecular weight excluding hydrogens is 485 g/mol. The van der Waals surface area contributed by atoms with Gasteiger partial charge in [0.25, 0.3) is 5.91 Å². The maximum Gasteiger partial charge on any atom is 0.417 e. The van der Waals surface area contributed by atoms with Crippen molar-refractivity contribution >= 4 is 17.4 Å². The fraction of sp³-hybridized carbons (Fsp3) is 0.462. The first kappa shape index (κ1) is 25.0. The maximum atomic E-state index is 13.8. The number of rotatable bonds is 3. The quantitative estimate of drug-likeness (QED) is 0.569. The van der Waals surface area contributed by atoms with Gasteiger partial charge in [-0.1, -0.05) is 11.6 Å². The highest BCUT2D eigenvalue weighted by molar-refractivity contribution is 5.96. The fourth-order valence-electron chi connectivity index (χ4n) is 5.30. The molecule has 2 saturated heterocycles. The summed E-state index contributed by atoms with van der Waals surface area (Å²) in [6, 6.07) is 7.18. The standard InChI is InChI=1S/C26H27F3N6O2/c1-15-6-7-18(19(9-15)26(27,28)29)25(37)34-8-4-3-5-21(34)20-10-23-31-24(16(2)12-35(23)32-20)33-13-17(11-30)22(36)14-33/h6-7,9-10,12,17,21-22,36H,3-5,8,13-14H2,1-2H3/t17-,21+,22+/m1/s1. The van der Waals surface area contributed by atoms with Crippen LogP contribution < -0.4 is 4.90 Å². The smallest absolute Gasteiger partial charge is 0.390 e. The fourth-order valence-corrected chi connectivity index (χ4v) is 5.30. The number of halogens is 3. The summed E-state index contributed by atoms with van der Waals surface area (Å²) < 4.78 is 42.9. The van der Waals surface area contributed by atoms with Crippen LogP contribution >= 0.6 is 0 Å². The van der Waals surface area contributed by atoms with E-state index < -0.39 is 35.7 Å². The molecule has 0 unspecified atom stereocenters. The van der Waals surface area contributed by atoms with E-state index in [0.29, 0.717) is 55.2 Å². The average Bonchev–Trinajstić information content (AvgIpc) is 3.44. The van der Waals surface area contributed by atoms with Crippen molar-refractivity contribution in [1.82, 2.24) is 19.5 Å². The Labute approximate surface area is 211 Å². The Morgan fingerprint density at radius 2 is 1.97 bits per heavy atom. The molecule has 37 heavy (non-hydrogen) atoms. The number of aliphatic hydroxyl groups is 1. The van der Waals surface area contributed by atoms with Crippen LogP contribution in [0.4, 0.5) is 19.0 Å². The van der Waals surface area contributed by atoms with Crippen molar-refractivity contribution in [2.45, 2.75) is 51.4 Å². The van der Waals surface area contributed by atoms with Gasteiger partial charge in [-0.15, -0.1) is 0 Å². The molecule has 0 spiro atoms. The first-order valence-corrected chi connectivity index (χ1v) is 12.2. The van der Waals surface area contributed by atoms with Crippen molar-refractivity contribution < 1.29 is 23.1 Å². The van der Waals surface area contributed by atoms with Gasteiger partial charge in [0.15, 0.2) is 5.65 Å². The molecule has 5 rings (SSSR count). The van der Waals surface area contributed by atoms with E-state index in [2.05, 4.69) is 11.2 Å². The number of alkyl halides is 3. The van der Waals surface area contributed by atoms with Crippen LogP contribution in [0.15, 0.2) is 30.5 Å². The predicted molar refractivity (Wildman–Crippen MR) is 129 cm³/mol. The monoisotopic (exact) mass is 512 g/mol. The van der Waals surface area contributed by atoms with E-state index in [1.54, 1.807) is 23.7 Å². The molecular formula is C26H27F3N6O2. The van der Waals surface area contributed by atoms with Crippen molar-refractivity contribution in [2.24, 2.45) is 5.92 Å². The van der Waals surface area contributed by atoms with Crippen LogP contribution in [0.1, 0.15) is 58.0 Å². The van der Waals surface area contributed by atoms with Crippen LogP contribution in [0.5, 0.6) is 0 Å². The summed E-state index contributed by atoms with van der Waals surface area (Å²) in [4.78, 5) is 21.5. The van der Waals surface area contributed by atoms with Gasteiger partial charge in [-0.05, 0) is 45.2 Å². The lowest BCUT2D eigenvalue weighted by Gasteiger charge is -2.35. The number of β-amino-alcohol motifs (C(OH)–C–C–N with tert-alkyl or cyclic N) is 1. The lowest BCUT2D eigenvalue weighted by Crippen LogP contribution is -2.39. The second-order valence-electron chi connectivity index (χ2n) is 9.88. The van der Waals surface area contributed by atoms with E-state index >= 15 is 0 Å². The normalized spacial score (nSPS) is 22.5. The Morgan fingerprint density at radius 3 is 2.68 bits per heavy atom. The number of likely N-dealkylation sites (tertiary alicyclic amines) is 1. The summed E-state index contributed by atoms with van der Waals surface area (Å²) in [6.45, 7) is 4.43. The maximum absolute atomic E-state index is 13.8. The van der Waals surface area contributed by atoms with Crippen LogP contribution in [0.3, 0.4) is 0 Å². The number of carbonyl (C=O) groups excluding carboxylic acids is 1.